The summed E-state index contributed by atoms with van der Waals surface area (Å²) in [6.07, 6.45) is 4.82. The third-order valence-corrected chi connectivity index (χ3v) is 4.05. The van der Waals surface area contributed by atoms with E-state index in [1.807, 2.05) is 4.90 Å². The normalized spacial score (nSPS) is 33.2. The van der Waals surface area contributed by atoms with Gasteiger partial charge >= 0.3 is 0 Å². The fraction of sp³-hybridized carbons (Fsp3) is 0.846. The molecule has 0 aromatic heterocycles. The molecule has 102 valence electrons. The van der Waals surface area contributed by atoms with E-state index < -0.39 is 0 Å². The zero-order valence-electron chi connectivity index (χ0n) is 11.0. The summed E-state index contributed by atoms with van der Waals surface area (Å²) < 4.78 is 0. The van der Waals surface area contributed by atoms with Gasteiger partial charge in [0, 0.05) is 19.1 Å². The van der Waals surface area contributed by atoms with Gasteiger partial charge in [0.15, 0.2) is 0 Å². The molecule has 0 spiro atoms. The Morgan fingerprint density at radius 1 is 1.22 bits per heavy atom. The van der Waals surface area contributed by atoms with Gasteiger partial charge < -0.3 is 16.0 Å². The molecule has 5 heteroatoms. The minimum atomic E-state index is -0.280. The zero-order valence-corrected chi connectivity index (χ0v) is 11.0. The van der Waals surface area contributed by atoms with Gasteiger partial charge in [0.05, 0.1) is 12.0 Å². The van der Waals surface area contributed by atoms with Crippen LogP contribution in [0.3, 0.4) is 0 Å². The first-order valence-corrected chi connectivity index (χ1v) is 6.92. The van der Waals surface area contributed by atoms with Crippen molar-refractivity contribution in [3.05, 3.63) is 0 Å². The molecule has 2 heterocycles. The molecule has 0 aliphatic carbocycles. The van der Waals surface area contributed by atoms with Crippen LogP contribution in [0.15, 0.2) is 0 Å². The van der Waals surface area contributed by atoms with Crippen molar-refractivity contribution >= 4 is 11.8 Å². The van der Waals surface area contributed by atoms with Gasteiger partial charge in [0.2, 0.25) is 11.8 Å². The SMILES string of the molecule is CC1CCCC(C(=O)N2CCCC(C(N)=O)C2)N1. The maximum Gasteiger partial charge on any atom is 0.239 e. The van der Waals surface area contributed by atoms with Crippen molar-refractivity contribution < 1.29 is 9.59 Å². The fourth-order valence-electron chi connectivity index (χ4n) is 2.96. The predicted octanol–water partition coefficient (Wildman–Crippen LogP) is 0.241. The number of rotatable bonds is 2. The Hall–Kier alpha value is -1.10. The first kappa shape index (κ1) is 13.3. The molecule has 2 aliphatic rings. The van der Waals surface area contributed by atoms with Gasteiger partial charge in [-0.3, -0.25) is 9.59 Å². The van der Waals surface area contributed by atoms with Crippen molar-refractivity contribution in [2.75, 3.05) is 13.1 Å². The van der Waals surface area contributed by atoms with Crippen molar-refractivity contribution in [3.63, 3.8) is 0 Å². The van der Waals surface area contributed by atoms with Crippen LogP contribution in [-0.2, 0) is 9.59 Å². The molecule has 0 bridgehead atoms. The van der Waals surface area contributed by atoms with Crippen molar-refractivity contribution in [1.82, 2.24) is 10.2 Å². The Morgan fingerprint density at radius 2 is 2.00 bits per heavy atom. The minimum Gasteiger partial charge on any atom is -0.369 e. The lowest BCUT2D eigenvalue weighted by Crippen LogP contribution is -2.54. The molecule has 3 unspecified atom stereocenters. The topological polar surface area (TPSA) is 75.4 Å². The number of nitrogens with zero attached hydrogens (tertiary/aromatic N) is 1. The number of likely N-dealkylation sites (tertiary alicyclic amines) is 1. The summed E-state index contributed by atoms with van der Waals surface area (Å²) in [5, 5.41) is 3.35. The maximum absolute atomic E-state index is 12.4. The highest BCUT2D eigenvalue weighted by Crippen LogP contribution is 2.20. The summed E-state index contributed by atoms with van der Waals surface area (Å²) in [4.78, 5) is 25.4. The van der Waals surface area contributed by atoms with Gasteiger partial charge in [-0.05, 0) is 39.0 Å². The summed E-state index contributed by atoms with van der Waals surface area (Å²) in [5.74, 6) is -0.298. The van der Waals surface area contributed by atoms with Crippen LogP contribution in [-0.4, -0.2) is 41.9 Å². The highest BCUT2D eigenvalue weighted by Gasteiger charge is 2.32. The van der Waals surface area contributed by atoms with Crippen LogP contribution in [0.2, 0.25) is 0 Å². The van der Waals surface area contributed by atoms with E-state index >= 15 is 0 Å². The van der Waals surface area contributed by atoms with Crippen molar-refractivity contribution in [1.29, 1.82) is 0 Å². The van der Waals surface area contributed by atoms with E-state index in [-0.39, 0.29) is 23.8 Å². The molecular weight excluding hydrogens is 230 g/mol. The standard InChI is InChI=1S/C13H23N3O2/c1-9-4-2-6-11(15-9)13(18)16-7-3-5-10(8-16)12(14)17/h9-11,15H,2-8H2,1H3,(H2,14,17). The van der Waals surface area contributed by atoms with Crippen molar-refractivity contribution in [2.24, 2.45) is 11.7 Å². The van der Waals surface area contributed by atoms with Crippen LogP contribution < -0.4 is 11.1 Å². The zero-order chi connectivity index (χ0) is 13.1. The molecule has 2 fully saturated rings. The molecule has 0 aromatic rings. The Kier molecular flexibility index (Phi) is 4.22. The second-order valence-corrected chi connectivity index (χ2v) is 5.58. The molecule has 2 aliphatic heterocycles. The Labute approximate surface area is 108 Å². The van der Waals surface area contributed by atoms with Gasteiger partial charge in [-0.25, -0.2) is 0 Å². The van der Waals surface area contributed by atoms with Gasteiger partial charge in [0.1, 0.15) is 0 Å². The lowest BCUT2D eigenvalue weighted by atomic mass is 9.94. The molecule has 0 aromatic carbocycles. The molecule has 18 heavy (non-hydrogen) atoms. The van der Waals surface area contributed by atoms with E-state index in [1.165, 1.54) is 0 Å². The lowest BCUT2D eigenvalue weighted by molar-refractivity contribution is -0.137. The third-order valence-electron chi connectivity index (χ3n) is 4.05. The smallest absolute Gasteiger partial charge is 0.239 e. The number of piperidine rings is 2. The predicted molar refractivity (Wildman–Crippen MR) is 68.7 cm³/mol. The minimum absolute atomic E-state index is 0.0691. The Balaban J connectivity index is 1.93. The molecular formula is C13H23N3O2. The van der Waals surface area contributed by atoms with E-state index in [0.717, 1.165) is 38.6 Å². The highest BCUT2D eigenvalue weighted by atomic mass is 16.2. The van der Waals surface area contributed by atoms with Crippen molar-refractivity contribution in [2.45, 2.75) is 51.1 Å². The lowest BCUT2D eigenvalue weighted by Gasteiger charge is -2.36. The third kappa shape index (κ3) is 3.02. The first-order valence-electron chi connectivity index (χ1n) is 6.92. The molecule has 2 rings (SSSR count). The number of primary amides is 1. The van der Waals surface area contributed by atoms with Gasteiger partial charge in [-0.2, -0.15) is 0 Å². The van der Waals surface area contributed by atoms with E-state index in [4.69, 9.17) is 5.73 Å². The van der Waals surface area contributed by atoms with Crippen LogP contribution in [0.5, 0.6) is 0 Å². The highest BCUT2D eigenvalue weighted by molar-refractivity contribution is 5.83. The average Bonchev–Trinajstić information content (AvgIpc) is 2.38. The van der Waals surface area contributed by atoms with E-state index in [9.17, 15) is 9.59 Å². The molecule has 0 radical (unpaired) electrons. The molecule has 0 saturated carbocycles. The Bertz CT molecular complexity index is 332. The molecule has 5 nitrogen and oxygen atoms in total. The number of hydrogen-bond donors (Lipinski definition) is 2. The molecule has 3 atom stereocenters. The first-order chi connectivity index (χ1) is 8.58. The van der Waals surface area contributed by atoms with Crippen LogP contribution >= 0.6 is 0 Å². The largest absolute Gasteiger partial charge is 0.369 e. The summed E-state index contributed by atoms with van der Waals surface area (Å²) in [7, 11) is 0. The summed E-state index contributed by atoms with van der Waals surface area (Å²) in [5.41, 5.74) is 5.34. The molecule has 2 saturated heterocycles. The number of nitrogens with one attached hydrogen (secondary N) is 1. The van der Waals surface area contributed by atoms with Gasteiger partial charge in [-0.1, -0.05) is 0 Å². The van der Waals surface area contributed by atoms with Crippen LogP contribution in [0.1, 0.15) is 39.0 Å². The maximum atomic E-state index is 12.4. The Morgan fingerprint density at radius 3 is 2.67 bits per heavy atom. The van der Waals surface area contributed by atoms with Gasteiger partial charge in [-0.15, -0.1) is 0 Å². The summed E-state index contributed by atoms with van der Waals surface area (Å²) in [6, 6.07) is 0.338. The number of nitrogens with two attached hydrogens (primary N) is 1. The quantitative estimate of drug-likeness (QED) is 0.740. The van der Waals surface area contributed by atoms with Crippen LogP contribution in [0.4, 0.5) is 0 Å². The van der Waals surface area contributed by atoms with Gasteiger partial charge in [0.25, 0.3) is 0 Å². The number of carbonyl (C=O) groups is 2. The second kappa shape index (κ2) is 5.69. The molecule has 3 N–H and O–H groups in total. The average molecular weight is 253 g/mol. The summed E-state index contributed by atoms with van der Waals surface area (Å²) in [6.45, 7) is 3.37. The van der Waals surface area contributed by atoms with E-state index in [1.54, 1.807) is 0 Å². The van der Waals surface area contributed by atoms with E-state index in [0.29, 0.717) is 12.6 Å². The van der Waals surface area contributed by atoms with Crippen LogP contribution in [0, 0.1) is 5.92 Å². The van der Waals surface area contributed by atoms with Crippen molar-refractivity contribution in [3.8, 4) is 0 Å². The second-order valence-electron chi connectivity index (χ2n) is 5.58. The number of amides is 2. The van der Waals surface area contributed by atoms with E-state index in [2.05, 4.69) is 12.2 Å². The number of hydrogen-bond acceptors (Lipinski definition) is 3. The summed E-state index contributed by atoms with van der Waals surface area (Å²) >= 11 is 0. The molecule has 2 amide bonds. The number of carbonyl (C=O) groups excluding carboxylic acids is 2. The van der Waals surface area contributed by atoms with Crippen LogP contribution in [0.25, 0.3) is 0 Å². The monoisotopic (exact) mass is 253 g/mol. The fourth-order valence-corrected chi connectivity index (χ4v) is 2.96.